The van der Waals surface area contributed by atoms with Crippen molar-refractivity contribution >= 4 is 29.6 Å². The first-order valence-corrected chi connectivity index (χ1v) is 12.9. The molecule has 40 heavy (non-hydrogen) atoms. The average molecular weight is 564 g/mol. The van der Waals surface area contributed by atoms with Gasteiger partial charge in [0.1, 0.15) is 23.4 Å². The third kappa shape index (κ3) is 8.75. The van der Waals surface area contributed by atoms with E-state index in [2.05, 4.69) is 21.0 Å². The van der Waals surface area contributed by atoms with Crippen molar-refractivity contribution in [3.05, 3.63) is 47.8 Å². The lowest BCUT2D eigenvalue weighted by Gasteiger charge is -2.33. The van der Waals surface area contributed by atoms with Crippen molar-refractivity contribution in [3.8, 4) is 0 Å². The van der Waals surface area contributed by atoms with E-state index in [0.717, 1.165) is 0 Å². The molecular weight excluding hydrogens is 528 g/mol. The molecule has 1 saturated carbocycles. The van der Waals surface area contributed by atoms with Crippen LogP contribution in [0.4, 0.5) is 19.3 Å². The fourth-order valence-corrected chi connectivity index (χ4v) is 4.43. The number of aliphatic carboxylic acids is 1. The van der Waals surface area contributed by atoms with Crippen molar-refractivity contribution in [2.24, 2.45) is 13.0 Å². The van der Waals surface area contributed by atoms with Crippen LogP contribution in [0, 0.1) is 5.92 Å². The number of aryl methyl sites for hydroxylation is 1. The molecule has 1 aliphatic carbocycles. The molecule has 2 atom stereocenters. The molecule has 0 spiro atoms. The lowest BCUT2D eigenvalue weighted by Crippen LogP contribution is -2.50. The number of carbonyl (C=O) groups excluding carboxylic acids is 3. The number of rotatable bonds is 9. The van der Waals surface area contributed by atoms with Crippen molar-refractivity contribution in [1.82, 2.24) is 20.4 Å². The second kappa shape index (κ2) is 12.4. The van der Waals surface area contributed by atoms with E-state index in [1.807, 2.05) is 0 Å². The summed E-state index contributed by atoms with van der Waals surface area (Å²) in [5, 5.41) is 21.2. The zero-order valence-corrected chi connectivity index (χ0v) is 22.9. The third-order valence-electron chi connectivity index (χ3n) is 6.51. The number of aromatic nitrogens is 2. The van der Waals surface area contributed by atoms with Crippen LogP contribution in [0.2, 0.25) is 0 Å². The zero-order chi connectivity index (χ0) is 29.7. The molecule has 3 amide bonds. The number of nitrogens with one attached hydrogen (secondary N) is 3. The Bertz CT molecular complexity index is 1210. The predicted octanol–water partition coefficient (Wildman–Crippen LogP) is 3.50. The van der Waals surface area contributed by atoms with Crippen LogP contribution in [-0.2, 0) is 27.8 Å². The number of amides is 3. The fourth-order valence-electron chi connectivity index (χ4n) is 4.43. The molecule has 11 nitrogen and oxygen atoms in total. The van der Waals surface area contributed by atoms with E-state index in [-0.39, 0.29) is 37.8 Å². The van der Waals surface area contributed by atoms with Gasteiger partial charge in [0, 0.05) is 38.2 Å². The van der Waals surface area contributed by atoms with E-state index in [0.29, 0.717) is 11.3 Å². The van der Waals surface area contributed by atoms with Crippen LogP contribution in [0.3, 0.4) is 0 Å². The fraction of sp³-hybridized carbons (Fsp3) is 0.519. The van der Waals surface area contributed by atoms with Gasteiger partial charge in [0.15, 0.2) is 0 Å². The molecule has 2 aromatic rings. The minimum absolute atomic E-state index is 0.0392. The number of alkyl halides is 2. The summed E-state index contributed by atoms with van der Waals surface area (Å²) in [7, 11) is 1.57. The first kappa shape index (κ1) is 30.5. The lowest BCUT2D eigenvalue weighted by atomic mass is 9.81. The van der Waals surface area contributed by atoms with E-state index < -0.39 is 53.4 Å². The van der Waals surface area contributed by atoms with Crippen LogP contribution in [0.1, 0.15) is 62.5 Å². The van der Waals surface area contributed by atoms with Crippen molar-refractivity contribution in [2.75, 3.05) is 5.32 Å². The minimum atomic E-state index is -2.80. The molecular formula is C27H35F2N5O6. The van der Waals surface area contributed by atoms with Gasteiger partial charge in [0.2, 0.25) is 11.8 Å². The van der Waals surface area contributed by atoms with Crippen LogP contribution >= 0.6 is 0 Å². The van der Waals surface area contributed by atoms with Crippen LogP contribution in [0.25, 0.3) is 0 Å². The highest BCUT2D eigenvalue weighted by Gasteiger charge is 2.40. The highest BCUT2D eigenvalue weighted by Crippen LogP contribution is 2.37. The number of anilines is 1. The molecule has 1 aromatic carbocycles. The zero-order valence-electron chi connectivity index (χ0n) is 22.9. The Hall–Kier alpha value is -4.03. The quantitative estimate of drug-likeness (QED) is 0.364. The first-order chi connectivity index (χ1) is 18.6. The predicted molar refractivity (Wildman–Crippen MR) is 141 cm³/mol. The van der Waals surface area contributed by atoms with Crippen molar-refractivity contribution in [1.29, 1.82) is 0 Å². The molecule has 3 rings (SSSR count). The van der Waals surface area contributed by atoms with E-state index in [1.165, 1.54) is 16.9 Å². The molecule has 0 saturated heterocycles. The van der Waals surface area contributed by atoms with Crippen LogP contribution < -0.4 is 16.0 Å². The van der Waals surface area contributed by atoms with Gasteiger partial charge < -0.3 is 25.8 Å². The Morgan fingerprint density at radius 2 is 1.73 bits per heavy atom. The molecule has 1 aliphatic rings. The summed E-state index contributed by atoms with van der Waals surface area (Å²) in [6, 6.07) is 5.46. The van der Waals surface area contributed by atoms with E-state index >= 15 is 0 Å². The van der Waals surface area contributed by atoms with Gasteiger partial charge in [0.05, 0.1) is 0 Å². The molecule has 0 unspecified atom stereocenters. The smallest absolute Gasteiger partial charge is 0.408 e. The number of hydrogen-bond acceptors (Lipinski definition) is 6. The van der Waals surface area contributed by atoms with Gasteiger partial charge >= 0.3 is 12.1 Å². The molecule has 1 fully saturated rings. The number of carboxylic acid groups (broad SMARTS) is 1. The minimum Gasteiger partial charge on any atom is -0.480 e. The molecule has 218 valence electrons. The Morgan fingerprint density at radius 3 is 2.25 bits per heavy atom. The average Bonchev–Trinajstić information content (AvgIpc) is 3.28. The summed E-state index contributed by atoms with van der Waals surface area (Å²) in [5.41, 5.74) is 0.357. The Labute approximate surface area is 230 Å². The summed E-state index contributed by atoms with van der Waals surface area (Å²) in [6.07, 6.45) is -0.0796. The molecule has 0 bridgehead atoms. The highest BCUT2D eigenvalue weighted by molar-refractivity contribution is 6.00. The molecule has 13 heteroatoms. The molecule has 1 aromatic heterocycles. The largest absolute Gasteiger partial charge is 0.480 e. The molecule has 0 aliphatic heterocycles. The molecule has 0 radical (unpaired) electrons. The van der Waals surface area contributed by atoms with Crippen LogP contribution in [0.15, 0.2) is 36.5 Å². The van der Waals surface area contributed by atoms with E-state index in [4.69, 9.17) is 4.74 Å². The number of ether oxygens (including phenoxy) is 1. The van der Waals surface area contributed by atoms with Gasteiger partial charge in [-0.15, -0.1) is 0 Å². The maximum atomic E-state index is 13.8. The lowest BCUT2D eigenvalue weighted by molar-refractivity contribution is -0.139. The number of benzene rings is 1. The van der Waals surface area contributed by atoms with Gasteiger partial charge in [-0.05, 0) is 63.3 Å². The third-order valence-corrected chi connectivity index (χ3v) is 6.51. The monoisotopic (exact) mass is 563 g/mol. The van der Waals surface area contributed by atoms with Crippen LogP contribution in [-0.4, -0.2) is 62.4 Å². The molecule has 1 heterocycles. The maximum absolute atomic E-state index is 13.8. The standard InChI is InChI=1S/C27H35F2N5O6/c1-26(2,3)40-25(39)32-19(24(37)38)15-16-5-7-18(8-6-16)31-23(36)21(17-9-12-27(28,29)13-10-17)33-22(35)20-11-14-30-34(20)4/h5-8,11,14,17,19,21H,9-10,12-13,15H2,1-4H3,(H,31,36)(H,32,39)(H,33,35)(H,37,38)/t19-,21+/m1/s1. The van der Waals surface area contributed by atoms with E-state index in [9.17, 15) is 33.1 Å². The number of hydrogen-bond donors (Lipinski definition) is 4. The van der Waals surface area contributed by atoms with Crippen molar-refractivity contribution in [2.45, 2.75) is 76.5 Å². The molecule has 4 N–H and O–H groups in total. The van der Waals surface area contributed by atoms with Gasteiger partial charge in [-0.1, -0.05) is 12.1 Å². The second-order valence-electron chi connectivity index (χ2n) is 10.9. The van der Waals surface area contributed by atoms with Gasteiger partial charge in [0.25, 0.3) is 5.91 Å². The first-order valence-electron chi connectivity index (χ1n) is 12.9. The van der Waals surface area contributed by atoms with E-state index in [1.54, 1.807) is 52.1 Å². The number of carboxylic acids is 1. The number of halogens is 2. The Kier molecular flexibility index (Phi) is 9.48. The van der Waals surface area contributed by atoms with Gasteiger partial charge in [-0.2, -0.15) is 5.10 Å². The summed E-state index contributed by atoms with van der Waals surface area (Å²) >= 11 is 0. The summed E-state index contributed by atoms with van der Waals surface area (Å²) < 4.78 is 34.0. The number of carbonyl (C=O) groups is 4. The van der Waals surface area contributed by atoms with Gasteiger partial charge in [-0.3, -0.25) is 14.3 Å². The normalized spacial score (nSPS) is 16.9. The number of alkyl carbamates (subject to hydrolysis) is 1. The highest BCUT2D eigenvalue weighted by atomic mass is 19.3. The topological polar surface area (TPSA) is 152 Å². The Balaban J connectivity index is 1.69. The van der Waals surface area contributed by atoms with Crippen LogP contribution in [0.5, 0.6) is 0 Å². The maximum Gasteiger partial charge on any atom is 0.408 e. The summed E-state index contributed by atoms with van der Waals surface area (Å²) in [4.78, 5) is 49.8. The van der Waals surface area contributed by atoms with Crippen molar-refractivity contribution in [3.63, 3.8) is 0 Å². The Morgan fingerprint density at radius 1 is 1.10 bits per heavy atom. The summed E-state index contributed by atoms with van der Waals surface area (Å²) in [6.45, 7) is 4.98. The summed E-state index contributed by atoms with van der Waals surface area (Å²) in [5.74, 6) is -5.65. The second-order valence-corrected chi connectivity index (χ2v) is 10.9. The van der Waals surface area contributed by atoms with Crippen molar-refractivity contribution < 1.29 is 37.8 Å². The number of nitrogens with zero attached hydrogens (tertiary/aromatic N) is 2. The SMILES string of the molecule is Cn1nccc1C(=O)N[C@H](C(=O)Nc1ccc(C[C@@H](NC(=O)OC(C)(C)C)C(=O)O)cc1)C1CCC(F)(F)CC1. The van der Waals surface area contributed by atoms with Gasteiger partial charge in [-0.25, -0.2) is 18.4 Å².